The molecule has 1 N–H and O–H groups in total. The van der Waals surface area contributed by atoms with Crippen molar-refractivity contribution in [3.8, 4) is 11.5 Å². The zero-order valence-electron chi connectivity index (χ0n) is 18.1. The number of rotatable bonds is 5. The summed E-state index contributed by atoms with van der Waals surface area (Å²) < 4.78 is 39.4. The van der Waals surface area contributed by atoms with E-state index in [1.165, 1.54) is 30.2 Å². The van der Waals surface area contributed by atoms with Gasteiger partial charge in [0.1, 0.15) is 0 Å². The van der Waals surface area contributed by atoms with Crippen LogP contribution in [0, 0.1) is 0 Å². The lowest BCUT2D eigenvalue weighted by Gasteiger charge is -2.36. The summed E-state index contributed by atoms with van der Waals surface area (Å²) >= 11 is 0. The predicted molar refractivity (Wildman–Crippen MR) is 126 cm³/mol. The van der Waals surface area contributed by atoms with Gasteiger partial charge in [-0.15, -0.1) is 0 Å². The van der Waals surface area contributed by atoms with Crippen molar-refractivity contribution in [2.24, 2.45) is 0 Å². The van der Waals surface area contributed by atoms with Crippen molar-refractivity contribution in [1.82, 2.24) is 9.97 Å². The number of hydrogen-bond acceptors (Lipinski definition) is 8. The van der Waals surface area contributed by atoms with Gasteiger partial charge >= 0.3 is 0 Å². The zero-order valence-corrected chi connectivity index (χ0v) is 18.9. The monoisotopic (exact) mass is 467 g/mol. The molecular weight excluding hydrogens is 442 g/mol. The number of aromatic nitrogens is 2. The Morgan fingerprint density at radius 2 is 1.48 bits per heavy atom. The van der Waals surface area contributed by atoms with Crippen LogP contribution in [0.3, 0.4) is 0 Å². The first-order valence-electron chi connectivity index (χ1n) is 10.9. The summed E-state index contributed by atoms with van der Waals surface area (Å²) in [4.78, 5) is 13.3. The van der Waals surface area contributed by atoms with E-state index in [0.29, 0.717) is 36.3 Å². The molecule has 3 aromatic rings. The second-order valence-corrected chi connectivity index (χ2v) is 9.53. The number of fused-ring (bicyclic) bond motifs is 1. The summed E-state index contributed by atoms with van der Waals surface area (Å²) in [5.74, 6) is 1.56. The summed E-state index contributed by atoms with van der Waals surface area (Å²) in [5, 5.41) is 0. The number of anilines is 3. The fraction of sp³-hybridized carbons (Fsp3) is 0.304. The number of para-hydroxylation sites is 1. The summed E-state index contributed by atoms with van der Waals surface area (Å²) in [7, 11) is -3.82. The Morgan fingerprint density at radius 1 is 0.818 bits per heavy atom. The van der Waals surface area contributed by atoms with Gasteiger partial charge in [0, 0.05) is 44.4 Å². The minimum absolute atomic E-state index is 0.0906. The third-order valence-corrected chi connectivity index (χ3v) is 6.98. The number of nitrogens with one attached hydrogen (secondary N) is 1. The van der Waals surface area contributed by atoms with Gasteiger partial charge in [0.05, 0.1) is 36.2 Å². The second kappa shape index (κ2) is 9.14. The van der Waals surface area contributed by atoms with Crippen molar-refractivity contribution in [2.45, 2.75) is 11.3 Å². The van der Waals surface area contributed by atoms with E-state index >= 15 is 0 Å². The molecule has 10 heteroatoms. The van der Waals surface area contributed by atoms with Gasteiger partial charge in [0.2, 0.25) is 5.95 Å². The molecule has 33 heavy (non-hydrogen) atoms. The van der Waals surface area contributed by atoms with Crippen LogP contribution in [0.2, 0.25) is 0 Å². The minimum Gasteiger partial charge on any atom is -0.490 e. The maximum absolute atomic E-state index is 12.9. The minimum atomic E-state index is -3.82. The van der Waals surface area contributed by atoms with Crippen LogP contribution in [-0.4, -0.2) is 57.8 Å². The molecule has 0 saturated carbocycles. The van der Waals surface area contributed by atoms with Gasteiger partial charge in [0.25, 0.3) is 10.0 Å². The highest BCUT2D eigenvalue weighted by Gasteiger charge is 2.21. The molecule has 1 aromatic heterocycles. The molecule has 0 unspecified atom stereocenters. The Morgan fingerprint density at radius 3 is 2.21 bits per heavy atom. The largest absolute Gasteiger partial charge is 0.490 e. The van der Waals surface area contributed by atoms with E-state index in [1.54, 1.807) is 6.07 Å². The third-order valence-electron chi connectivity index (χ3n) is 5.60. The SMILES string of the molecule is O=S(=O)(Nc1cnc(N2CCN(c3ccccc3)CC2)nc1)c1ccc2c(c1)OCCCO2. The van der Waals surface area contributed by atoms with Gasteiger partial charge in [0.15, 0.2) is 11.5 Å². The number of benzene rings is 2. The fourth-order valence-corrected chi connectivity index (χ4v) is 4.91. The predicted octanol–water partition coefficient (Wildman–Crippen LogP) is 2.77. The topological polar surface area (TPSA) is 96.9 Å². The first-order valence-corrected chi connectivity index (χ1v) is 12.4. The molecular formula is C23H25N5O4S. The van der Waals surface area contributed by atoms with E-state index in [-0.39, 0.29) is 4.90 Å². The lowest BCUT2D eigenvalue weighted by molar-refractivity contribution is 0.297. The Hall–Kier alpha value is -3.53. The van der Waals surface area contributed by atoms with Gasteiger partial charge in [-0.3, -0.25) is 4.72 Å². The molecule has 0 atom stereocenters. The molecule has 0 spiro atoms. The zero-order chi connectivity index (χ0) is 22.7. The van der Waals surface area contributed by atoms with Crippen molar-refractivity contribution in [3.63, 3.8) is 0 Å². The lowest BCUT2D eigenvalue weighted by Crippen LogP contribution is -2.47. The number of hydrogen-bond donors (Lipinski definition) is 1. The molecule has 2 aliphatic heterocycles. The molecule has 172 valence electrons. The smallest absolute Gasteiger partial charge is 0.262 e. The van der Waals surface area contributed by atoms with Crippen LogP contribution >= 0.6 is 0 Å². The van der Waals surface area contributed by atoms with Crippen molar-refractivity contribution < 1.29 is 17.9 Å². The van der Waals surface area contributed by atoms with E-state index in [2.05, 4.69) is 36.6 Å². The van der Waals surface area contributed by atoms with E-state index < -0.39 is 10.0 Å². The summed E-state index contributed by atoms with van der Waals surface area (Å²) in [6.45, 7) is 4.34. The normalized spacial score (nSPS) is 16.2. The Bertz CT molecular complexity index is 1200. The van der Waals surface area contributed by atoms with Crippen LogP contribution in [-0.2, 0) is 10.0 Å². The molecule has 9 nitrogen and oxygen atoms in total. The molecule has 5 rings (SSSR count). The molecule has 2 aromatic carbocycles. The van der Waals surface area contributed by atoms with Crippen LogP contribution < -0.4 is 24.0 Å². The molecule has 3 heterocycles. The van der Waals surface area contributed by atoms with Crippen LogP contribution in [0.1, 0.15) is 6.42 Å². The van der Waals surface area contributed by atoms with Crippen molar-refractivity contribution in [1.29, 1.82) is 0 Å². The Kier molecular flexibility index (Phi) is 5.91. The van der Waals surface area contributed by atoms with Crippen molar-refractivity contribution >= 4 is 27.3 Å². The average Bonchev–Trinajstić information content (AvgIpc) is 3.10. The highest BCUT2D eigenvalue weighted by atomic mass is 32.2. The van der Waals surface area contributed by atoms with Gasteiger partial charge < -0.3 is 19.3 Å². The van der Waals surface area contributed by atoms with Crippen molar-refractivity contribution in [3.05, 3.63) is 60.9 Å². The maximum atomic E-state index is 12.9. The van der Waals surface area contributed by atoms with E-state index in [4.69, 9.17) is 9.47 Å². The Balaban J connectivity index is 1.23. The van der Waals surface area contributed by atoms with E-state index in [1.807, 2.05) is 18.2 Å². The van der Waals surface area contributed by atoms with Gasteiger partial charge in [-0.1, -0.05) is 18.2 Å². The molecule has 1 saturated heterocycles. The molecule has 0 radical (unpaired) electrons. The molecule has 1 fully saturated rings. The first kappa shape index (κ1) is 21.3. The highest BCUT2D eigenvalue weighted by molar-refractivity contribution is 7.92. The van der Waals surface area contributed by atoms with E-state index in [9.17, 15) is 8.42 Å². The summed E-state index contributed by atoms with van der Waals surface area (Å²) in [6, 6.07) is 14.9. The van der Waals surface area contributed by atoms with Gasteiger partial charge in [-0.25, -0.2) is 18.4 Å². The molecule has 0 amide bonds. The summed E-state index contributed by atoms with van der Waals surface area (Å²) in [5.41, 5.74) is 1.51. The second-order valence-electron chi connectivity index (χ2n) is 7.85. The Labute approximate surface area is 193 Å². The average molecular weight is 468 g/mol. The quantitative estimate of drug-likeness (QED) is 0.612. The van der Waals surface area contributed by atoms with Crippen LogP contribution in [0.15, 0.2) is 65.8 Å². The first-order chi connectivity index (χ1) is 16.1. The standard InChI is InChI=1S/C23H25N5O4S/c29-33(30,20-7-8-21-22(15-20)32-14-4-13-31-21)26-18-16-24-23(25-17-18)28-11-9-27(10-12-28)19-5-2-1-3-6-19/h1-3,5-8,15-17,26H,4,9-14H2. The number of nitrogens with zero attached hydrogens (tertiary/aromatic N) is 4. The highest BCUT2D eigenvalue weighted by Crippen LogP contribution is 2.32. The van der Waals surface area contributed by atoms with E-state index in [0.717, 1.165) is 32.6 Å². The van der Waals surface area contributed by atoms with Crippen LogP contribution in [0.4, 0.5) is 17.3 Å². The number of sulfonamides is 1. The van der Waals surface area contributed by atoms with Crippen LogP contribution in [0.5, 0.6) is 11.5 Å². The van der Waals surface area contributed by atoms with Crippen molar-refractivity contribution in [2.75, 3.05) is 53.9 Å². The maximum Gasteiger partial charge on any atom is 0.262 e. The molecule has 0 aliphatic carbocycles. The molecule has 0 bridgehead atoms. The number of piperazine rings is 1. The fourth-order valence-electron chi connectivity index (χ4n) is 3.87. The van der Waals surface area contributed by atoms with Gasteiger partial charge in [-0.2, -0.15) is 0 Å². The lowest BCUT2D eigenvalue weighted by atomic mass is 10.2. The number of ether oxygens (including phenoxy) is 2. The van der Waals surface area contributed by atoms with Crippen LogP contribution in [0.25, 0.3) is 0 Å². The summed E-state index contributed by atoms with van der Waals surface area (Å²) in [6.07, 6.45) is 3.74. The molecule has 2 aliphatic rings. The third kappa shape index (κ3) is 4.80. The van der Waals surface area contributed by atoms with Gasteiger partial charge in [-0.05, 0) is 24.3 Å².